The van der Waals surface area contributed by atoms with Crippen molar-refractivity contribution >= 4 is 39.7 Å². The Morgan fingerprint density at radius 2 is 1.84 bits per heavy atom. The largest absolute Gasteiger partial charge is 0.308 e. The van der Waals surface area contributed by atoms with E-state index in [4.69, 9.17) is 12.2 Å². The van der Waals surface area contributed by atoms with Crippen molar-refractivity contribution in [3.05, 3.63) is 71.1 Å². The third kappa shape index (κ3) is 4.49. The number of aryl methyl sites for hydroxylation is 1. The lowest BCUT2D eigenvalue weighted by atomic mass is 10.1. The van der Waals surface area contributed by atoms with E-state index in [-0.39, 0.29) is 11.0 Å². The number of thiazole rings is 1. The summed E-state index contributed by atoms with van der Waals surface area (Å²) in [5.74, 6) is -0.236. The van der Waals surface area contributed by atoms with Crippen LogP contribution in [0, 0.1) is 0 Å². The Kier molecular flexibility index (Phi) is 5.53. The van der Waals surface area contributed by atoms with Crippen LogP contribution in [-0.4, -0.2) is 16.0 Å². The molecule has 1 heterocycles. The van der Waals surface area contributed by atoms with Crippen molar-refractivity contribution in [1.82, 2.24) is 10.3 Å². The molecular formula is C19H17N3OS2. The monoisotopic (exact) mass is 367 g/mol. The fraction of sp³-hybridized carbons (Fsp3) is 0.105. The summed E-state index contributed by atoms with van der Waals surface area (Å²) < 4.78 is 0. The van der Waals surface area contributed by atoms with Crippen molar-refractivity contribution < 1.29 is 4.79 Å². The van der Waals surface area contributed by atoms with Crippen molar-refractivity contribution in [2.75, 3.05) is 5.32 Å². The molecule has 0 saturated carbocycles. The standard InChI is InChI=1S/C19H17N3OS2/c1-2-13-8-10-15(11-9-13)17(23)21-18(24)22-19-20-16(12-25-19)14-6-4-3-5-7-14/h3-12H,2H2,1H3,(H2,20,21,22,23,24). The van der Waals surface area contributed by atoms with Gasteiger partial charge in [-0.3, -0.25) is 10.1 Å². The van der Waals surface area contributed by atoms with E-state index in [0.29, 0.717) is 10.7 Å². The molecule has 2 N–H and O–H groups in total. The van der Waals surface area contributed by atoms with Gasteiger partial charge in [0.1, 0.15) is 0 Å². The highest BCUT2D eigenvalue weighted by Crippen LogP contribution is 2.24. The van der Waals surface area contributed by atoms with Gasteiger partial charge in [-0.15, -0.1) is 11.3 Å². The van der Waals surface area contributed by atoms with Gasteiger partial charge in [0.25, 0.3) is 5.91 Å². The number of nitrogens with one attached hydrogen (secondary N) is 2. The van der Waals surface area contributed by atoms with Gasteiger partial charge in [0.15, 0.2) is 10.2 Å². The highest BCUT2D eigenvalue weighted by atomic mass is 32.1. The number of benzene rings is 2. The molecule has 1 aromatic heterocycles. The number of thiocarbonyl (C=S) groups is 1. The first-order chi connectivity index (χ1) is 12.2. The quantitative estimate of drug-likeness (QED) is 0.667. The molecule has 0 atom stereocenters. The second-order valence-electron chi connectivity index (χ2n) is 5.36. The maximum absolute atomic E-state index is 12.2. The summed E-state index contributed by atoms with van der Waals surface area (Å²) >= 11 is 6.65. The van der Waals surface area contributed by atoms with E-state index in [1.54, 1.807) is 12.1 Å². The highest BCUT2D eigenvalue weighted by Gasteiger charge is 2.10. The minimum atomic E-state index is -0.236. The summed E-state index contributed by atoms with van der Waals surface area (Å²) in [5.41, 5.74) is 3.68. The van der Waals surface area contributed by atoms with Crippen molar-refractivity contribution in [2.45, 2.75) is 13.3 Å². The van der Waals surface area contributed by atoms with Gasteiger partial charge in [-0.05, 0) is 36.3 Å². The molecule has 0 aliphatic heterocycles. The van der Waals surface area contributed by atoms with Crippen molar-refractivity contribution in [3.8, 4) is 11.3 Å². The first kappa shape index (κ1) is 17.3. The minimum Gasteiger partial charge on any atom is -0.308 e. The average Bonchev–Trinajstić information content (AvgIpc) is 3.10. The van der Waals surface area contributed by atoms with Crippen LogP contribution in [0.1, 0.15) is 22.8 Å². The molecule has 25 heavy (non-hydrogen) atoms. The first-order valence-electron chi connectivity index (χ1n) is 7.88. The van der Waals surface area contributed by atoms with Crippen LogP contribution in [-0.2, 0) is 6.42 Å². The van der Waals surface area contributed by atoms with Gasteiger partial charge in [-0.1, -0.05) is 49.4 Å². The summed E-state index contributed by atoms with van der Waals surface area (Å²) in [6.07, 6.45) is 0.940. The Bertz CT molecular complexity index is 873. The van der Waals surface area contributed by atoms with E-state index in [9.17, 15) is 4.79 Å². The molecule has 0 aliphatic rings. The SMILES string of the molecule is CCc1ccc(C(=O)NC(=S)Nc2nc(-c3ccccc3)cs2)cc1. The zero-order chi connectivity index (χ0) is 17.6. The van der Waals surface area contributed by atoms with Gasteiger partial charge in [0, 0.05) is 16.5 Å². The lowest BCUT2D eigenvalue weighted by Gasteiger charge is -2.07. The normalized spacial score (nSPS) is 10.3. The smallest absolute Gasteiger partial charge is 0.257 e. The lowest BCUT2D eigenvalue weighted by Crippen LogP contribution is -2.34. The fourth-order valence-corrected chi connectivity index (χ4v) is 3.25. The molecule has 0 unspecified atom stereocenters. The summed E-state index contributed by atoms with van der Waals surface area (Å²) in [4.78, 5) is 16.7. The van der Waals surface area contributed by atoms with Crippen molar-refractivity contribution in [3.63, 3.8) is 0 Å². The number of amides is 1. The minimum absolute atomic E-state index is 0.235. The van der Waals surface area contributed by atoms with E-state index >= 15 is 0 Å². The lowest BCUT2D eigenvalue weighted by molar-refractivity contribution is 0.0977. The summed E-state index contributed by atoms with van der Waals surface area (Å²) in [7, 11) is 0. The summed E-state index contributed by atoms with van der Waals surface area (Å²) in [6.45, 7) is 2.08. The number of aromatic nitrogens is 1. The van der Waals surface area contributed by atoms with E-state index in [2.05, 4.69) is 22.5 Å². The van der Waals surface area contributed by atoms with Crippen LogP contribution in [0.2, 0.25) is 0 Å². The van der Waals surface area contributed by atoms with Gasteiger partial charge in [-0.2, -0.15) is 0 Å². The van der Waals surface area contributed by atoms with Gasteiger partial charge in [-0.25, -0.2) is 4.98 Å². The van der Waals surface area contributed by atoms with E-state index in [1.165, 1.54) is 16.9 Å². The Balaban J connectivity index is 1.60. The zero-order valence-corrected chi connectivity index (χ0v) is 15.3. The van der Waals surface area contributed by atoms with Crippen LogP contribution in [0.25, 0.3) is 11.3 Å². The molecule has 0 spiro atoms. The van der Waals surface area contributed by atoms with Crippen LogP contribution in [0.3, 0.4) is 0 Å². The van der Waals surface area contributed by atoms with Gasteiger partial charge < -0.3 is 5.32 Å². The number of carbonyl (C=O) groups excluding carboxylic acids is 1. The number of carbonyl (C=O) groups is 1. The van der Waals surface area contributed by atoms with Crippen molar-refractivity contribution in [1.29, 1.82) is 0 Å². The molecule has 4 nitrogen and oxygen atoms in total. The molecule has 2 aromatic carbocycles. The predicted molar refractivity (Wildman–Crippen MR) is 107 cm³/mol. The third-order valence-corrected chi connectivity index (χ3v) is 4.61. The molecule has 6 heteroatoms. The molecular weight excluding hydrogens is 350 g/mol. The second kappa shape index (κ2) is 8.00. The van der Waals surface area contributed by atoms with Crippen LogP contribution in [0.15, 0.2) is 60.0 Å². The third-order valence-electron chi connectivity index (χ3n) is 3.65. The summed E-state index contributed by atoms with van der Waals surface area (Å²) in [6, 6.07) is 17.4. The van der Waals surface area contributed by atoms with Crippen LogP contribution in [0.4, 0.5) is 5.13 Å². The predicted octanol–water partition coefficient (Wildman–Crippen LogP) is 4.50. The molecule has 0 saturated heterocycles. The van der Waals surface area contributed by atoms with Crippen LogP contribution < -0.4 is 10.6 Å². The molecule has 3 rings (SSSR count). The molecule has 0 aliphatic carbocycles. The number of hydrogen-bond acceptors (Lipinski definition) is 4. The van der Waals surface area contributed by atoms with Crippen LogP contribution in [0.5, 0.6) is 0 Å². The second-order valence-corrected chi connectivity index (χ2v) is 6.63. The number of anilines is 1. The summed E-state index contributed by atoms with van der Waals surface area (Å²) in [5, 5.41) is 8.47. The maximum atomic E-state index is 12.2. The Morgan fingerprint density at radius 3 is 2.52 bits per heavy atom. The molecule has 126 valence electrons. The van der Waals surface area contributed by atoms with Gasteiger partial charge in [0.2, 0.25) is 0 Å². The first-order valence-corrected chi connectivity index (χ1v) is 9.16. The number of hydrogen-bond donors (Lipinski definition) is 2. The molecule has 3 aromatic rings. The van der Waals surface area contributed by atoms with E-state index in [0.717, 1.165) is 17.7 Å². The Hall–Kier alpha value is -2.57. The number of rotatable bonds is 4. The van der Waals surface area contributed by atoms with Gasteiger partial charge >= 0.3 is 0 Å². The molecule has 0 radical (unpaired) electrons. The topological polar surface area (TPSA) is 54.0 Å². The Morgan fingerprint density at radius 1 is 1.12 bits per heavy atom. The Labute approximate surface area is 155 Å². The van der Waals surface area contributed by atoms with Gasteiger partial charge in [0.05, 0.1) is 5.69 Å². The van der Waals surface area contributed by atoms with E-state index in [1.807, 2.05) is 47.8 Å². The zero-order valence-electron chi connectivity index (χ0n) is 13.7. The molecule has 1 amide bonds. The fourth-order valence-electron chi connectivity index (χ4n) is 2.27. The average molecular weight is 367 g/mol. The van der Waals surface area contributed by atoms with Crippen LogP contribution >= 0.6 is 23.6 Å². The van der Waals surface area contributed by atoms with Crippen molar-refractivity contribution in [2.24, 2.45) is 0 Å². The maximum Gasteiger partial charge on any atom is 0.257 e. The van der Waals surface area contributed by atoms with E-state index < -0.39 is 0 Å². The molecule has 0 fully saturated rings. The molecule has 0 bridgehead atoms. The highest BCUT2D eigenvalue weighted by molar-refractivity contribution is 7.80. The number of nitrogens with zero attached hydrogens (tertiary/aromatic N) is 1.